The van der Waals surface area contributed by atoms with Crippen molar-refractivity contribution in [2.45, 2.75) is 12.2 Å². The Labute approximate surface area is 197 Å². The highest BCUT2D eigenvalue weighted by atomic mass is 79.9. The maximum atomic E-state index is 10.5. The maximum Gasteiger partial charge on any atom is 0.231 e. The van der Waals surface area contributed by atoms with Gasteiger partial charge in [-0.2, -0.15) is 0 Å². The molecule has 2 aliphatic heterocycles. The van der Waals surface area contributed by atoms with Gasteiger partial charge in [0, 0.05) is 32.4 Å². The lowest BCUT2D eigenvalue weighted by Gasteiger charge is -2.30. The summed E-state index contributed by atoms with van der Waals surface area (Å²) in [5.74, 6) is 1.66. The number of hydrogen-bond acceptors (Lipinski definition) is 4. The highest BCUT2D eigenvalue weighted by Gasteiger charge is 2.31. The zero-order valence-corrected chi connectivity index (χ0v) is 19.2. The molecule has 2 heterocycles. The zero-order valence-electron chi connectivity index (χ0n) is 16.1. The number of phenolic OH excluding ortho intramolecular Hbond substituents is 1. The van der Waals surface area contributed by atoms with Crippen LogP contribution in [0.2, 0.25) is 10.0 Å². The van der Waals surface area contributed by atoms with Gasteiger partial charge in [0.15, 0.2) is 17.7 Å². The molecule has 0 radical (unpaired) electrons. The van der Waals surface area contributed by atoms with E-state index in [-0.39, 0.29) is 24.8 Å². The number of quaternary nitrogens is 1. The monoisotopic (exact) mass is 519 g/mol. The highest BCUT2D eigenvalue weighted by molar-refractivity contribution is 9.10. The number of phenols is 1. The van der Waals surface area contributed by atoms with Crippen LogP contribution in [0.25, 0.3) is 5.70 Å². The van der Waals surface area contributed by atoms with Crippen molar-refractivity contribution in [1.29, 1.82) is 0 Å². The van der Waals surface area contributed by atoms with Crippen LogP contribution in [0.15, 0.2) is 65.1 Å². The third kappa shape index (κ3) is 4.08. The van der Waals surface area contributed by atoms with Crippen molar-refractivity contribution >= 4 is 44.8 Å². The molecule has 2 unspecified atom stereocenters. The molecule has 0 spiro atoms. The second-order valence-corrected chi connectivity index (χ2v) is 9.12. The average molecular weight is 521 g/mol. The smallest absolute Gasteiger partial charge is 0.231 e. The molecular weight excluding hydrogens is 503 g/mol. The van der Waals surface area contributed by atoms with Crippen LogP contribution < -0.4 is 20.1 Å². The molecule has 0 saturated heterocycles. The molecule has 2 atom stereocenters. The van der Waals surface area contributed by atoms with Crippen LogP contribution >= 0.6 is 39.1 Å². The molecule has 0 amide bonds. The zero-order chi connectivity index (χ0) is 21.5. The van der Waals surface area contributed by atoms with Crippen LogP contribution in [-0.4, -0.2) is 11.9 Å². The van der Waals surface area contributed by atoms with Gasteiger partial charge in [-0.15, -0.1) is 0 Å². The van der Waals surface area contributed by atoms with Gasteiger partial charge in [0.05, 0.1) is 10.6 Å². The predicted molar refractivity (Wildman–Crippen MR) is 123 cm³/mol. The van der Waals surface area contributed by atoms with E-state index in [0.29, 0.717) is 15.8 Å². The minimum Gasteiger partial charge on any atom is -0.507 e. The number of ether oxygens (including phenoxy) is 2. The Morgan fingerprint density at radius 2 is 1.81 bits per heavy atom. The summed E-state index contributed by atoms with van der Waals surface area (Å²) in [5.41, 5.74) is 3.55. The predicted octanol–water partition coefficient (Wildman–Crippen LogP) is 5.14. The van der Waals surface area contributed by atoms with Crippen LogP contribution in [0.4, 0.5) is 0 Å². The molecule has 5 rings (SSSR count). The molecule has 0 fully saturated rings. The Kier molecular flexibility index (Phi) is 5.48. The molecular formula is C23H18BrCl2N2O3+. The first kappa shape index (κ1) is 20.5. The molecule has 4 N–H and O–H groups in total. The summed E-state index contributed by atoms with van der Waals surface area (Å²) in [5, 5.41) is 17.4. The van der Waals surface area contributed by atoms with Gasteiger partial charge < -0.3 is 25.2 Å². The molecule has 0 saturated carbocycles. The summed E-state index contributed by atoms with van der Waals surface area (Å²) >= 11 is 16.1. The van der Waals surface area contributed by atoms with Gasteiger partial charge in [0.2, 0.25) is 6.79 Å². The lowest BCUT2D eigenvalue weighted by Crippen LogP contribution is -2.89. The van der Waals surface area contributed by atoms with E-state index in [2.05, 4.69) is 32.6 Å². The van der Waals surface area contributed by atoms with E-state index in [1.54, 1.807) is 12.1 Å². The van der Waals surface area contributed by atoms with Crippen LogP contribution in [0, 0.1) is 0 Å². The van der Waals surface area contributed by atoms with Crippen molar-refractivity contribution in [3.63, 3.8) is 0 Å². The molecule has 3 aromatic rings. The van der Waals surface area contributed by atoms with Gasteiger partial charge in [-0.25, -0.2) is 0 Å². The summed E-state index contributed by atoms with van der Waals surface area (Å²) < 4.78 is 11.9. The minimum atomic E-state index is -0.196. The molecule has 2 aliphatic rings. The Balaban J connectivity index is 1.59. The lowest BCUT2D eigenvalue weighted by atomic mass is 9.97. The number of rotatable bonds is 3. The second-order valence-electron chi connectivity index (χ2n) is 7.36. The van der Waals surface area contributed by atoms with Gasteiger partial charge in [-0.3, -0.25) is 0 Å². The highest BCUT2D eigenvalue weighted by Crippen LogP contribution is 2.37. The van der Waals surface area contributed by atoms with E-state index in [9.17, 15) is 5.11 Å². The van der Waals surface area contributed by atoms with Gasteiger partial charge in [0.1, 0.15) is 11.8 Å². The maximum absolute atomic E-state index is 10.5. The quantitative estimate of drug-likeness (QED) is 0.447. The van der Waals surface area contributed by atoms with Crippen molar-refractivity contribution in [1.82, 2.24) is 5.32 Å². The molecule has 5 nitrogen and oxygen atoms in total. The van der Waals surface area contributed by atoms with Crippen LogP contribution in [-0.2, 0) is 0 Å². The number of benzene rings is 3. The van der Waals surface area contributed by atoms with Crippen molar-refractivity contribution < 1.29 is 19.9 Å². The SMILES string of the molecule is Oc1ccc(Br)cc1C1C=C(c2ccc3c(c2)OCO3)NC(c2ccc(Cl)cc2Cl)[NH2+]1. The Morgan fingerprint density at radius 1 is 0.968 bits per heavy atom. The van der Waals surface area contributed by atoms with E-state index < -0.39 is 0 Å². The molecule has 31 heavy (non-hydrogen) atoms. The van der Waals surface area contributed by atoms with E-state index in [1.807, 2.05) is 42.5 Å². The van der Waals surface area contributed by atoms with Crippen molar-refractivity contribution in [2.75, 3.05) is 6.79 Å². The molecule has 158 valence electrons. The fourth-order valence-electron chi connectivity index (χ4n) is 3.87. The minimum absolute atomic E-state index is 0.157. The number of halogens is 3. The Morgan fingerprint density at radius 3 is 2.65 bits per heavy atom. The van der Waals surface area contributed by atoms with Gasteiger partial charge in [-0.1, -0.05) is 39.1 Å². The first-order valence-corrected chi connectivity index (χ1v) is 11.2. The Hall–Kier alpha value is -2.38. The summed E-state index contributed by atoms with van der Waals surface area (Å²) in [6.07, 6.45) is 1.89. The number of nitrogens with two attached hydrogens (primary N) is 1. The second kappa shape index (κ2) is 8.28. The molecule has 0 aliphatic carbocycles. The van der Waals surface area contributed by atoms with E-state index >= 15 is 0 Å². The summed E-state index contributed by atoms with van der Waals surface area (Å²) in [6, 6.07) is 16.6. The number of hydrogen-bond donors (Lipinski definition) is 3. The fourth-order valence-corrected chi connectivity index (χ4v) is 4.78. The standard InChI is InChI=1S/C23H17BrCl2N2O3/c24-13-2-5-20(29)16(8-13)19-10-18(12-1-6-21-22(7-12)31-11-30-21)27-23(28-19)15-4-3-14(25)9-17(15)26/h1-10,19,23,27-29H,11H2/p+1. The molecule has 0 aromatic heterocycles. The average Bonchev–Trinajstić information content (AvgIpc) is 3.23. The largest absolute Gasteiger partial charge is 0.507 e. The van der Waals surface area contributed by atoms with E-state index in [1.165, 1.54) is 0 Å². The summed E-state index contributed by atoms with van der Waals surface area (Å²) in [6.45, 7) is 0.219. The van der Waals surface area contributed by atoms with E-state index in [0.717, 1.165) is 32.6 Å². The van der Waals surface area contributed by atoms with Crippen LogP contribution in [0.5, 0.6) is 17.2 Å². The molecule has 0 bridgehead atoms. The lowest BCUT2D eigenvalue weighted by molar-refractivity contribution is -0.731. The van der Waals surface area contributed by atoms with Crippen LogP contribution in [0.3, 0.4) is 0 Å². The first-order valence-electron chi connectivity index (χ1n) is 9.64. The molecule has 3 aromatic carbocycles. The topological polar surface area (TPSA) is 67.3 Å². The molecule has 8 heteroatoms. The van der Waals surface area contributed by atoms with Crippen LogP contribution in [0.1, 0.15) is 28.9 Å². The third-order valence-corrected chi connectivity index (χ3v) is 6.44. The summed E-state index contributed by atoms with van der Waals surface area (Å²) in [7, 11) is 0. The van der Waals surface area contributed by atoms with E-state index in [4.69, 9.17) is 32.7 Å². The third-order valence-electron chi connectivity index (χ3n) is 5.39. The fraction of sp³-hybridized carbons (Fsp3) is 0.130. The van der Waals surface area contributed by atoms with Gasteiger partial charge in [0.25, 0.3) is 0 Å². The van der Waals surface area contributed by atoms with Gasteiger partial charge in [-0.05, 0) is 54.6 Å². The van der Waals surface area contributed by atoms with Gasteiger partial charge >= 0.3 is 0 Å². The Bertz CT molecular complexity index is 1200. The normalized spacial score (nSPS) is 19.6. The number of nitrogens with one attached hydrogen (secondary N) is 1. The first-order chi connectivity index (χ1) is 15.0. The van der Waals surface area contributed by atoms with Crippen molar-refractivity contribution in [3.8, 4) is 17.2 Å². The number of aromatic hydroxyl groups is 1. The summed E-state index contributed by atoms with van der Waals surface area (Å²) in [4.78, 5) is 0. The van der Waals surface area contributed by atoms with Crippen molar-refractivity contribution in [2.24, 2.45) is 0 Å². The number of fused-ring (bicyclic) bond motifs is 1. The van der Waals surface area contributed by atoms with Crippen molar-refractivity contribution in [3.05, 3.63) is 91.9 Å².